The molecule has 0 aliphatic rings. The number of benzene rings is 4. The van der Waals surface area contributed by atoms with Crippen molar-refractivity contribution in [3.8, 4) is 0 Å². The minimum Gasteiger partial charge on any atom is -0.289 e. The van der Waals surface area contributed by atoms with Crippen molar-refractivity contribution in [2.45, 2.75) is 0 Å². The van der Waals surface area contributed by atoms with E-state index in [4.69, 9.17) is 0 Å². The maximum Gasteiger partial charge on any atom is 0.194 e. The minimum absolute atomic E-state index is 0.165. The van der Waals surface area contributed by atoms with Crippen molar-refractivity contribution in [3.05, 3.63) is 70.9 Å². The monoisotopic (exact) mass is 254 g/mol. The molecule has 0 unspecified atom stereocenters. The average molecular weight is 254 g/mol. The van der Waals surface area contributed by atoms with Gasteiger partial charge in [-0.2, -0.15) is 0 Å². The normalized spacial score (nSPS) is 12.2. The third kappa shape index (κ3) is 1.03. The summed E-state index contributed by atoms with van der Waals surface area (Å²) in [7, 11) is 0. The van der Waals surface area contributed by atoms with Crippen LogP contribution in [0.1, 0.15) is 0 Å². The van der Waals surface area contributed by atoms with Crippen LogP contribution in [-0.4, -0.2) is 0 Å². The van der Waals surface area contributed by atoms with Crippen molar-refractivity contribution in [1.29, 1.82) is 0 Å². The van der Waals surface area contributed by atoms with E-state index in [0.29, 0.717) is 0 Å². The quantitative estimate of drug-likeness (QED) is 0.293. The van der Waals surface area contributed by atoms with E-state index in [1.165, 1.54) is 0 Å². The molecule has 20 heavy (non-hydrogen) atoms. The van der Waals surface area contributed by atoms with Crippen molar-refractivity contribution in [2.24, 2.45) is 0 Å². The highest BCUT2D eigenvalue weighted by atomic mass is 16.1. The van der Waals surface area contributed by atoms with Crippen LogP contribution in [-0.2, 0) is 0 Å². The highest BCUT2D eigenvalue weighted by Crippen LogP contribution is 2.37. The SMILES string of the molecule is O=c1c2cccc3ccc4cc5ccccc5c1c4c32. The molecule has 0 N–H and O–H groups in total. The van der Waals surface area contributed by atoms with Gasteiger partial charge in [-0.05, 0) is 27.6 Å². The van der Waals surface area contributed by atoms with Gasteiger partial charge in [0.05, 0.1) is 0 Å². The fraction of sp³-hybridized carbons (Fsp3) is 0. The van der Waals surface area contributed by atoms with Gasteiger partial charge in [-0.25, -0.2) is 0 Å². The zero-order valence-electron chi connectivity index (χ0n) is 10.7. The van der Waals surface area contributed by atoms with Crippen LogP contribution in [0.4, 0.5) is 0 Å². The Hall–Kier alpha value is -2.67. The molecule has 0 saturated heterocycles. The Morgan fingerprint density at radius 3 is 2.25 bits per heavy atom. The molecule has 0 spiro atoms. The van der Waals surface area contributed by atoms with Crippen LogP contribution in [0.25, 0.3) is 43.1 Å². The minimum atomic E-state index is 0.165. The zero-order valence-corrected chi connectivity index (χ0v) is 10.7. The molecule has 5 rings (SSSR count). The van der Waals surface area contributed by atoms with Gasteiger partial charge < -0.3 is 0 Å². The lowest BCUT2D eigenvalue weighted by Gasteiger charge is -2.05. The topological polar surface area (TPSA) is 17.1 Å². The first-order valence-electron chi connectivity index (χ1n) is 6.76. The third-order valence-electron chi connectivity index (χ3n) is 4.34. The summed E-state index contributed by atoms with van der Waals surface area (Å²) in [6.07, 6.45) is 0. The van der Waals surface area contributed by atoms with Crippen molar-refractivity contribution < 1.29 is 0 Å². The summed E-state index contributed by atoms with van der Waals surface area (Å²) in [5, 5.41) is 8.48. The van der Waals surface area contributed by atoms with E-state index in [9.17, 15) is 4.79 Å². The van der Waals surface area contributed by atoms with Crippen LogP contribution in [0.15, 0.2) is 65.5 Å². The molecule has 5 aromatic carbocycles. The molecule has 0 aliphatic heterocycles. The Morgan fingerprint density at radius 1 is 0.550 bits per heavy atom. The number of rotatable bonds is 0. The van der Waals surface area contributed by atoms with E-state index in [-0.39, 0.29) is 5.43 Å². The summed E-state index contributed by atoms with van der Waals surface area (Å²) >= 11 is 0. The molecule has 1 heteroatoms. The van der Waals surface area contributed by atoms with E-state index in [1.807, 2.05) is 30.3 Å². The molecule has 0 saturated carbocycles. The van der Waals surface area contributed by atoms with Crippen LogP contribution in [0, 0.1) is 0 Å². The summed E-state index contributed by atoms with van der Waals surface area (Å²) in [4.78, 5) is 12.8. The molecule has 0 aromatic heterocycles. The Kier molecular flexibility index (Phi) is 1.65. The molecule has 92 valence electrons. The first-order chi connectivity index (χ1) is 9.84. The van der Waals surface area contributed by atoms with Crippen LogP contribution in [0.2, 0.25) is 0 Å². The van der Waals surface area contributed by atoms with Crippen molar-refractivity contribution in [1.82, 2.24) is 0 Å². The van der Waals surface area contributed by atoms with E-state index in [2.05, 4.69) is 30.3 Å². The lowest BCUT2D eigenvalue weighted by molar-refractivity contribution is 1.81. The molecule has 0 heterocycles. The third-order valence-corrected chi connectivity index (χ3v) is 4.34. The van der Waals surface area contributed by atoms with Gasteiger partial charge in [0.25, 0.3) is 0 Å². The van der Waals surface area contributed by atoms with Crippen LogP contribution >= 0.6 is 0 Å². The summed E-state index contributed by atoms with van der Waals surface area (Å²) in [6.45, 7) is 0. The van der Waals surface area contributed by atoms with Crippen molar-refractivity contribution in [3.63, 3.8) is 0 Å². The maximum absolute atomic E-state index is 12.8. The van der Waals surface area contributed by atoms with E-state index >= 15 is 0 Å². The van der Waals surface area contributed by atoms with Gasteiger partial charge in [0.2, 0.25) is 0 Å². The number of fused-ring (bicyclic) bond motifs is 2. The lowest BCUT2D eigenvalue weighted by Crippen LogP contribution is -1.94. The number of hydrogen-bond acceptors (Lipinski definition) is 1. The first-order valence-corrected chi connectivity index (χ1v) is 6.76. The van der Waals surface area contributed by atoms with Gasteiger partial charge in [-0.3, -0.25) is 4.79 Å². The maximum atomic E-state index is 12.8. The zero-order chi connectivity index (χ0) is 13.3. The summed E-state index contributed by atoms with van der Waals surface area (Å²) in [6, 6.07) is 20.5. The Labute approximate surface area is 114 Å². The highest BCUT2D eigenvalue weighted by molar-refractivity contribution is 6.31. The average Bonchev–Trinajstić information content (AvgIpc) is 2.80. The van der Waals surface area contributed by atoms with Gasteiger partial charge in [0.15, 0.2) is 5.43 Å². The fourth-order valence-corrected chi connectivity index (χ4v) is 3.50. The molecule has 0 atom stereocenters. The van der Waals surface area contributed by atoms with E-state index < -0.39 is 0 Å². The highest BCUT2D eigenvalue weighted by Gasteiger charge is 2.16. The fourth-order valence-electron chi connectivity index (χ4n) is 3.50. The van der Waals surface area contributed by atoms with Gasteiger partial charge in [0, 0.05) is 21.5 Å². The second kappa shape index (κ2) is 3.26. The molecule has 0 radical (unpaired) electrons. The van der Waals surface area contributed by atoms with Crippen molar-refractivity contribution in [2.75, 3.05) is 0 Å². The predicted octanol–water partition coefficient (Wildman–Crippen LogP) is 4.54. The van der Waals surface area contributed by atoms with Gasteiger partial charge in [-0.15, -0.1) is 0 Å². The van der Waals surface area contributed by atoms with Crippen LogP contribution < -0.4 is 5.43 Å². The predicted molar refractivity (Wildman–Crippen MR) is 85.1 cm³/mol. The Balaban J connectivity index is 2.33. The second-order valence-corrected chi connectivity index (χ2v) is 5.37. The number of hydrogen-bond donors (Lipinski definition) is 0. The first kappa shape index (κ1) is 10.2. The molecule has 0 aliphatic carbocycles. The van der Waals surface area contributed by atoms with Crippen molar-refractivity contribution >= 4 is 43.1 Å². The lowest BCUT2D eigenvalue weighted by atomic mass is 9.98. The molecule has 0 bridgehead atoms. The van der Waals surface area contributed by atoms with Crippen LogP contribution in [0.5, 0.6) is 0 Å². The Morgan fingerprint density at radius 2 is 1.30 bits per heavy atom. The van der Waals surface area contributed by atoms with Crippen LogP contribution in [0.3, 0.4) is 0 Å². The van der Waals surface area contributed by atoms with Gasteiger partial charge in [0.1, 0.15) is 0 Å². The summed E-state index contributed by atoms with van der Waals surface area (Å²) in [5.74, 6) is 0. The van der Waals surface area contributed by atoms with Gasteiger partial charge in [-0.1, -0.05) is 54.6 Å². The standard InChI is InChI=1S/C19H10O/c20-19-15-7-3-5-11-8-9-13-10-12-4-1-2-6-14(12)18(19)17(13)16(11)15/h1-10H. The molecule has 1 nitrogen and oxygen atoms in total. The second-order valence-electron chi connectivity index (χ2n) is 5.37. The molecule has 0 fully saturated rings. The van der Waals surface area contributed by atoms with E-state index in [1.54, 1.807) is 0 Å². The molecular formula is C19H10O. The molecule has 0 amide bonds. The molecular weight excluding hydrogens is 244 g/mol. The van der Waals surface area contributed by atoms with Gasteiger partial charge >= 0.3 is 0 Å². The molecule has 5 aromatic rings. The summed E-state index contributed by atoms with van der Waals surface area (Å²) in [5.41, 5.74) is 0.165. The Bertz CT molecular complexity index is 1150. The largest absolute Gasteiger partial charge is 0.289 e. The summed E-state index contributed by atoms with van der Waals surface area (Å²) < 4.78 is 0. The smallest absolute Gasteiger partial charge is 0.194 e. The van der Waals surface area contributed by atoms with E-state index in [0.717, 1.165) is 43.1 Å².